The van der Waals surface area contributed by atoms with E-state index in [1.807, 2.05) is 0 Å². The maximum Gasteiger partial charge on any atom is 1.00 e. The van der Waals surface area contributed by atoms with Crippen LogP contribution in [0.25, 0.3) is 0 Å². The van der Waals surface area contributed by atoms with Crippen LogP contribution < -0.4 is 39.4 Å². The van der Waals surface area contributed by atoms with Crippen molar-refractivity contribution in [1.29, 1.82) is 0 Å². The topological polar surface area (TPSA) is 89.8 Å². The number of aliphatic hydroxyl groups excluding tert-OH is 2. The minimum atomic E-state index is -1.42. The quantitative estimate of drug-likeness (QED) is 0.309. The van der Waals surface area contributed by atoms with Crippen LogP contribution >= 0.6 is 11.6 Å². The van der Waals surface area contributed by atoms with Crippen LogP contribution in [0, 0.1) is 18.6 Å². The maximum atomic E-state index is 13.6. The Labute approximate surface area is 229 Å². The van der Waals surface area contributed by atoms with Crippen LogP contribution in [0.3, 0.4) is 0 Å². The van der Waals surface area contributed by atoms with Crippen molar-refractivity contribution in [1.82, 2.24) is 0 Å². The third-order valence-electron chi connectivity index (χ3n) is 5.35. The molecule has 0 radical (unpaired) electrons. The van der Waals surface area contributed by atoms with Crippen LogP contribution in [0.4, 0.5) is 8.78 Å². The Morgan fingerprint density at radius 3 is 1.97 bits per heavy atom. The number of halogens is 3. The molecule has 2 N–H and O–H groups in total. The molecule has 0 saturated heterocycles. The number of hydrogen-bond donors (Lipinski definition) is 2. The van der Waals surface area contributed by atoms with E-state index in [0.717, 1.165) is 0 Å². The third kappa shape index (κ3) is 8.27. The average Bonchev–Trinajstić information content (AvgIpc) is 2.75. The number of rotatable bonds is 10. The van der Waals surface area contributed by atoms with E-state index in [1.165, 1.54) is 24.3 Å². The SMILES string of the molecule is Cc1cc(Cl)cc(C(c2ccc(F)cc2)c2ccc(F)cc2)c1OC[C@@H](O)C[C@@H](O)CC(=O)[O-].[Na+]. The van der Waals surface area contributed by atoms with Crippen molar-refractivity contribution in [3.05, 3.63) is 99.6 Å². The molecule has 3 rings (SSSR count). The van der Waals surface area contributed by atoms with Gasteiger partial charge in [0.25, 0.3) is 0 Å². The van der Waals surface area contributed by atoms with Gasteiger partial charge in [0.05, 0.1) is 12.2 Å². The summed E-state index contributed by atoms with van der Waals surface area (Å²) in [7, 11) is 0. The molecule has 0 unspecified atom stereocenters. The fraction of sp³-hybridized carbons (Fsp3) is 0.269. The number of ether oxygens (including phenoxy) is 1. The number of benzene rings is 3. The summed E-state index contributed by atoms with van der Waals surface area (Å²) >= 11 is 6.35. The molecule has 2 atom stereocenters. The van der Waals surface area contributed by atoms with E-state index < -0.39 is 42.2 Å². The van der Waals surface area contributed by atoms with Crippen molar-refractivity contribution in [2.75, 3.05) is 6.61 Å². The van der Waals surface area contributed by atoms with Gasteiger partial charge in [-0.2, -0.15) is 0 Å². The summed E-state index contributed by atoms with van der Waals surface area (Å²) in [6.07, 6.45) is -3.23. The van der Waals surface area contributed by atoms with Gasteiger partial charge in [0.1, 0.15) is 24.0 Å². The second kappa shape index (κ2) is 13.3. The molecule has 5 nitrogen and oxygen atoms in total. The van der Waals surface area contributed by atoms with Crippen molar-refractivity contribution in [2.24, 2.45) is 0 Å². The van der Waals surface area contributed by atoms with Crippen molar-refractivity contribution in [2.45, 2.75) is 37.9 Å². The van der Waals surface area contributed by atoms with Crippen molar-refractivity contribution in [3.8, 4) is 5.75 Å². The Balaban J connectivity index is 0.00000432. The first-order chi connectivity index (χ1) is 16.1. The second-order valence-electron chi connectivity index (χ2n) is 8.11. The van der Waals surface area contributed by atoms with E-state index in [-0.39, 0.29) is 42.6 Å². The van der Waals surface area contributed by atoms with Crippen LogP contribution in [0.15, 0.2) is 60.7 Å². The average molecular weight is 513 g/mol. The van der Waals surface area contributed by atoms with Crippen LogP contribution in [0.5, 0.6) is 5.75 Å². The molecule has 9 heteroatoms. The molecular formula is C26H24ClF2NaO5. The normalized spacial score (nSPS) is 12.7. The first kappa shape index (κ1) is 29.2. The van der Waals surface area contributed by atoms with Crippen LogP contribution in [-0.2, 0) is 4.79 Å². The predicted octanol–water partition coefficient (Wildman–Crippen LogP) is 0.742. The standard InChI is InChI=1S/C26H25ClF2O5.Na/c1-15-10-18(27)11-23(26(15)34-14-22(31)12-21(30)13-24(32)33)25(16-2-6-19(28)7-3-16)17-4-8-20(29)9-5-17;/h2-11,21-22,25,30-31H,12-14H2,1H3,(H,32,33);/q;+1/p-1/t21-,22+;/m1./s1. The zero-order valence-electron chi connectivity index (χ0n) is 19.4. The molecule has 0 bridgehead atoms. The van der Waals surface area contributed by atoms with Gasteiger partial charge in [-0.25, -0.2) is 8.78 Å². The molecule has 180 valence electrons. The molecule has 0 fully saturated rings. The first-order valence-corrected chi connectivity index (χ1v) is 11.0. The summed E-state index contributed by atoms with van der Waals surface area (Å²) in [6.45, 7) is 1.55. The molecule has 0 aliphatic carbocycles. The zero-order valence-corrected chi connectivity index (χ0v) is 22.1. The number of aliphatic carboxylic acids is 1. The predicted molar refractivity (Wildman–Crippen MR) is 122 cm³/mol. The largest absolute Gasteiger partial charge is 1.00 e. The molecule has 0 amide bonds. The molecule has 0 heterocycles. The Morgan fingerprint density at radius 1 is 0.971 bits per heavy atom. The molecular weight excluding hydrogens is 489 g/mol. The number of hydrogen-bond acceptors (Lipinski definition) is 5. The molecule has 0 aliphatic rings. The van der Waals surface area contributed by atoms with Gasteiger partial charge in [-0.1, -0.05) is 35.9 Å². The number of carbonyl (C=O) groups is 1. The number of carboxylic acids is 1. The Kier molecular flexibility index (Phi) is 11.1. The molecule has 35 heavy (non-hydrogen) atoms. The van der Waals surface area contributed by atoms with Gasteiger partial charge in [0.2, 0.25) is 0 Å². The summed E-state index contributed by atoms with van der Waals surface area (Å²) in [5, 5.41) is 31.1. The molecule has 0 spiro atoms. The van der Waals surface area contributed by atoms with Gasteiger partial charge in [-0.15, -0.1) is 0 Å². The fourth-order valence-electron chi connectivity index (χ4n) is 3.87. The van der Waals surface area contributed by atoms with Crippen molar-refractivity contribution in [3.63, 3.8) is 0 Å². The molecule has 0 aliphatic heterocycles. The second-order valence-corrected chi connectivity index (χ2v) is 8.54. The molecule has 0 saturated carbocycles. The minimum absolute atomic E-state index is 0. The Bertz CT molecular complexity index is 1080. The van der Waals surface area contributed by atoms with Crippen molar-refractivity contribution < 1.29 is 63.2 Å². The summed E-state index contributed by atoms with van der Waals surface area (Å²) in [4.78, 5) is 10.6. The van der Waals surface area contributed by atoms with E-state index >= 15 is 0 Å². The zero-order chi connectivity index (χ0) is 24.8. The van der Waals surface area contributed by atoms with Gasteiger partial charge < -0.3 is 24.9 Å². The smallest absolute Gasteiger partial charge is 0.550 e. The minimum Gasteiger partial charge on any atom is -0.550 e. The van der Waals surface area contributed by atoms with Gasteiger partial charge in [0.15, 0.2) is 0 Å². The molecule has 0 aromatic heterocycles. The molecule has 3 aromatic carbocycles. The summed E-state index contributed by atoms with van der Waals surface area (Å²) in [6, 6.07) is 15.2. The van der Waals surface area contributed by atoms with Gasteiger partial charge in [-0.3, -0.25) is 0 Å². The fourth-order valence-corrected chi connectivity index (χ4v) is 4.15. The molecule has 3 aromatic rings. The van der Waals surface area contributed by atoms with Crippen molar-refractivity contribution >= 4 is 17.6 Å². The van der Waals surface area contributed by atoms with E-state index in [9.17, 15) is 28.9 Å². The van der Waals surface area contributed by atoms with E-state index in [0.29, 0.717) is 33.0 Å². The van der Waals surface area contributed by atoms with Gasteiger partial charge in [-0.05, 0) is 60.0 Å². The number of carbonyl (C=O) groups excluding carboxylic acids is 1. The Hall–Kier alpha value is -2.00. The van der Waals surface area contributed by atoms with Gasteiger partial charge >= 0.3 is 29.6 Å². The van der Waals surface area contributed by atoms with Crippen LogP contribution in [0.2, 0.25) is 5.02 Å². The van der Waals surface area contributed by atoms with Crippen LogP contribution in [-0.4, -0.2) is 35.0 Å². The summed E-state index contributed by atoms with van der Waals surface area (Å²) in [5.74, 6) is -2.30. The monoisotopic (exact) mass is 512 g/mol. The number of aryl methyl sites for hydroxylation is 1. The van der Waals surface area contributed by atoms with E-state index in [1.54, 1.807) is 43.3 Å². The van der Waals surface area contributed by atoms with E-state index in [2.05, 4.69) is 0 Å². The van der Waals surface area contributed by atoms with Crippen LogP contribution in [0.1, 0.15) is 41.0 Å². The number of carboxylic acid groups (broad SMARTS) is 1. The summed E-state index contributed by atoms with van der Waals surface area (Å²) < 4.78 is 33.2. The van der Waals surface area contributed by atoms with E-state index in [4.69, 9.17) is 16.3 Å². The maximum absolute atomic E-state index is 13.6. The number of aliphatic hydroxyl groups is 2. The van der Waals surface area contributed by atoms with Gasteiger partial charge in [0, 0.05) is 35.3 Å². The Morgan fingerprint density at radius 2 is 1.49 bits per heavy atom. The first-order valence-electron chi connectivity index (χ1n) is 10.6. The third-order valence-corrected chi connectivity index (χ3v) is 5.57. The summed E-state index contributed by atoms with van der Waals surface area (Å²) in [5.41, 5.74) is 2.71.